The number of carbonyl (C=O) groups is 2. The zero-order valence-electron chi connectivity index (χ0n) is 47.5. The number of hydrogen-bond donors (Lipinski definition) is 3. The molecule has 0 rings (SSSR count). The molecule has 0 saturated carbocycles. The van der Waals surface area contributed by atoms with Gasteiger partial charge in [-0.3, -0.25) is 9.59 Å². The van der Waals surface area contributed by atoms with E-state index >= 15 is 0 Å². The van der Waals surface area contributed by atoms with Crippen molar-refractivity contribution in [3.05, 3.63) is 48.6 Å². The molecular weight excluding hydrogens is 875 g/mol. The van der Waals surface area contributed by atoms with Crippen LogP contribution in [-0.2, 0) is 14.3 Å². The zero-order valence-corrected chi connectivity index (χ0v) is 47.5. The van der Waals surface area contributed by atoms with E-state index in [2.05, 4.69) is 55.6 Å². The molecule has 0 aromatic heterocycles. The van der Waals surface area contributed by atoms with Gasteiger partial charge < -0.3 is 20.3 Å². The molecule has 0 radical (unpaired) electrons. The van der Waals surface area contributed by atoms with E-state index in [1.165, 1.54) is 244 Å². The number of esters is 1. The fourth-order valence-corrected chi connectivity index (χ4v) is 9.48. The van der Waals surface area contributed by atoms with Crippen LogP contribution in [0.2, 0.25) is 0 Å². The normalized spacial score (nSPS) is 12.9. The van der Waals surface area contributed by atoms with Crippen LogP contribution in [0, 0.1) is 0 Å². The average molecular weight is 997 g/mol. The van der Waals surface area contributed by atoms with Gasteiger partial charge in [0.05, 0.1) is 25.4 Å². The molecule has 6 heteroatoms. The van der Waals surface area contributed by atoms with Crippen LogP contribution < -0.4 is 5.32 Å². The Bertz CT molecular complexity index is 1190. The lowest BCUT2D eigenvalue weighted by molar-refractivity contribution is -0.143. The number of nitrogens with one attached hydrogen (secondary N) is 1. The van der Waals surface area contributed by atoms with E-state index in [1.807, 2.05) is 6.08 Å². The van der Waals surface area contributed by atoms with E-state index in [0.29, 0.717) is 19.4 Å². The first-order valence-electron chi connectivity index (χ1n) is 31.4. The number of hydrogen-bond acceptors (Lipinski definition) is 5. The Balaban J connectivity index is 3.46. The molecule has 0 aliphatic carbocycles. The fourth-order valence-electron chi connectivity index (χ4n) is 9.48. The number of carbonyl (C=O) groups excluding carboxylic acids is 2. The third kappa shape index (κ3) is 57.0. The summed E-state index contributed by atoms with van der Waals surface area (Å²) in [6.45, 7) is 4.88. The molecule has 2 unspecified atom stereocenters. The van der Waals surface area contributed by atoms with Gasteiger partial charge in [0.15, 0.2) is 0 Å². The molecule has 2 atom stereocenters. The second-order valence-electron chi connectivity index (χ2n) is 21.4. The van der Waals surface area contributed by atoms with Crippen molar-refractivity contribution >= 4 is 11.9 Å². The molecule has 0 bridgehead atoms. The lowest BCUT2D eigenvalue weighted by Crippen LogP contribution is -2.45. The van der Waals surface area contributed by atoms with Gasteiger partial charge in [-0.25, -0.2) is 0 Å². The van der Waals surface area contributed by atoms with Crippen LogP contribution >= 0.6 is 0 Å². The largest absolute Gasteiger partial charge is 0.466 e. The molecular formula is C65H121NO5. The van der Waals surface area contributed by atoms with Gasteiger partial charge in [-0.2, -0.15) is 0 Å². The van der Waals surface area contributed by atoms with Gasteiger partial charge >= 0.3 is 5.97 Å². The molecule has 0 saturated heterocycles. The summed E-state index contributed by atoms with van der Waals surface area (Å²) in [4.78, 5) is 24.6. The summed E-state index contributed by atoms with van der Waals surface area (Å²) >= 11 is 0. The van der Waals surface area contributed by atoms with Crippen molar-refractivity contribution in [2.75, 3.05) is 13.2 Å². The molecule has 3 N–H and O–H groups in total. The van der Waals surface area contributed by atoms with Gasteiger partial charge in [-0.15, -0.1) is 0 Å². The maximum Gasteiger partial charge on any atom is 0.305 e. The smallest absolute Gasteiger partial charge is 0.305 e. The number of aliphatic hydroxyl groups is 2. The van der Waals surface area contributed by atoms with Crippen molar-refractivity contribution in [3.8, 4) is 0 Å². The summed E-state index contributed by atoms with van der Waals surface area (Å²) in [5.74, 6) is -0.0780. The molecule has 71 heavy (non-hydrogen) atoms. The maximum atomic E-state index is 12.5. The highest BCUT2D eigenvalue weighted by molar-refractivity contribution is 5.76. The number of allylic oxidation sites excluding steroid dienone is 7. The van der Waals surface area contributed by atoms with Crippen LogP contribution in [0.5, 0.6) is 0 Å². The maximum absolute atomic E-state index is 12.5. The predicted molar refractivity (Wildman–Crippen MR) is 310 cm³/mol. The van der Waals surface area contributed by atoms with Crippen molar-refractivity contribution < 1.29 is 24.5 Å². The zero-order chi connectivity index (χ0) is 51.4. The summed E-state index contributed by atoms with van der Waals surface area (Å²) in [6, 6.07) is -0.635. The van der Waals surface area contributed by atoms with Gasteiger partial charge in [-0.1, -0.05) is 274 Å². The second kappa shape index (κ2) is 60.4. The minimum atomic E-state index is -0.851. The number of amides is 1. The summed E-state index contributed by atoms with van der Waals surface area (Å²) in [6.07, 6.45) is 77.1. The number of aliphatic hydroxyl groups excluding tert-OH is 2. The van der Waals surface area contributed by atoms with Crippen LogP contribution in [0.1, 0.15) is 328 Å². The monoisotopic (exact) mass is 996 g/mol. The minimum absolute atomic E-state index is 0.00239. The summed E-state index contributed by atoms with van der Waals surface area (Å²) < 4.78 is 5.48. The van der Waals surface area contributed by atoms with Crippen molar-refractivity contribution in [1.82, 2.24) is 5.32 Å². The molecule has 0 spiro atoms. The van der Waals surface area contributed by atoms with Gasteiger partial charge in [0.25, 0.3) is 0 Å². The second-order valence-corrected chi connectivity index (χ2v) is 21.4. The number of rotatable bonds is 58. The van der Waals surface area contributed by atoms with E-state index in [9.17, 15) is 19.8 Å². The molecule has 0 aromatic carbocycles. The van der Waals surface area contributed by atoms with Crippen molar-refractivity contribution in [2.24, 2.45) is 0 Å². The predicted octanol–water partition coefficient (Wildman–Crippen LogP) is 19.7. The molecule has 0 aromatic rings. The highest BCUT2D eigenvalue weighted by Gasteiger charge is 2.18. The standard InChI is InChI=1S/C65H121NO5/c1-3-5-7-9-11-13-15-17-19-25-29-33-37-41-45-49-53-57-63(68)62(61-67)66-64(69)58-54-50-46-42-38-34-30-27-23-21-22-24-28-32-36-40-44-48-52-56-60-71-65(70)59-55-51-47-43-39-35-31-26-20-18-16-14-12-10-8-6-4-2/h12,14,18,20-21,23,53,57,62-63,67-68H,3-11,13,15-17,19,22,24-52,54-56,58-61H2,1-2H3,(H,66,69)/b14-12-,20-18-,23-21-,57-53+. The van der Waals surface area contributed by atoms with Crippen molar-refractivity contribution in [2.45, 2.75) is 341 Å². The SMILES string of the molecule is CCCCC/C=C\C/C=C\CCCCCCCCCC(=O)OCCCCCCCCCCC/C=C\CCCCCCCCCC(=O)NC(CO)C(O)/C=C/CCCCCCCCCCCCCCCCC. The summed E-state index contributed by atoms with van der Waals surface area (Å²) in [7, 11) is 0. The molecule has 0 aliphatic rings. The van der Waals surface area contributed by atoms with E-state index in [4.69, 9.17) is 4.74 Å². The van der Waals surface area contributed by atoms with Crippen LogP contribution in [0.4, 0.5) is 0 Å². The topological polar surface area (TPSA) is 95.9 Å². The van der Waals surface area contributed by atoms with E-state index in [0.717, 1.165) is 57.8 Å². The first kappa shape index (κ1) is 68.8. The first-order chi connectivity index (χ1) is 35.0. The Morgan fingerprint density at radius 3 is 1.11 bits per heavy atom. The van der Waals surface area contributed by atoms with E-state index in [1.54, 1.807) is 6.08 Å². The van der Waals surface area contributed by atoms with Gasteiger partial charge in [0.2, 0.25) is 5.91 Å². The van der Waals surface area contributed by atoms with Crippen LogP contribution in [0.15, 0.2) is 48.6 Å². The third-order valence-corrected chi connectivity index (χ3v) is 14.3. The molecule has 1 amide bonds. The number of ether oxygens (including phenoxy) is 1. The van der Waals surface area contributed by atoms with Gasteiger partial charge in [0.1, 0.15) is 0 Å². The lowest BCUT2D eigenvalue weighted by Gasteiger charge is -2.20. The molecule has 6 nitrogen and oxygen atoms in total. The first-order valence-corrected chi connectivity index (χ1v) is 31.4. The Kier molecular flexibility index (Phi) is 58.5. The van der Waals surface area contributed by atoms with E-state index in [-0.39, 0.29) is 18.5 Å². The highest BCUT2D eigenvalue weighted by atomic mass is 16.5. The fraction of sp³-hybridized carbons (Fsp3) is 0.846. The van der Waals surface area contributed by atoms with Crippen molar-refractivity contribution in [1.29, 1.82) is 0 Å². The Hall–Kier alpha value is -2.18. The molecule has 0 aliphatic heterocycles. The third-order valence-electron chi connectivity index (χ3n) is 14.3. The number of unbranched alkanes of at least 4 members (excludes halogenated alkanes) is 41. The van der Waals surface area contributed by atoms with Gasteiger partial charge in [-0.05, 0) is 89.9 Å². The van der Waals surface area contributed by atoms with Crippen molar-refractivity contribution in [3.63, 3.8) is 0 Å². The van der Waals surface area contributed by atoms with Crippen LogP contribution in [-0.4, -0.2) is 47.4 Å². The lowest BCUT2D eigenvalue weighted by atomic mass is 10.0. The average Bonchev–Trinajstić information content (AvgIpc) is 3.37. The van der Waals surface area contributed by atoms with E-state index < -0.39 is 12.1 Å². The Morgan fingerprint density at radius 1 is 0.394 bits per heavy atom. The van der Waals surface area contributed by atoms with Crippen LogP contribution in [0.3, 0.4) is 0 Å². The molecule has 0 heterocycles. The Labute approximate surface area is 442 Å². The quantitative estimate of drug-likeness (QED) is 0.0321. The highest BCUT2D eigenvalue weighted by Crippen LogP contribution is 2.17. The summed E-state index contributed by atoms with van der Waals surface area (Å²) in [5.41, 5.74) is 0. The van der Waals surface area contributed by atoms with Gasteiger partial charge in [0, 0.05) is 12.8 Å². The molecule has 416 valence electrons. The summed E-state index contributed by atoms with van der Waals surface area (Å²) in [5, 5.41) is 23.2. The minimum Gasteiger partial charge on any atom is -0.466 e. The Morgan fingerprint density at radius 2 is 0.704 bits per heavy atom. The van der Waals surface area contributed by atoms with Crippen LogP contribution in [0.25, 0.3) is 0 Å². The molecule has 0 fully saturated rings.